The van der Waals surface area contributed by atoms with Gasteiger partial charge in [0.05, 0.1) is 18.1 Å². The topological polar surface area (TPSA) is 87.8 Å². The Balaban J connectivity index is 1.34. The zero-order valence-electron chi connectivity index (χ0n) is 17.9. The van der Waals surface area contributed by atoms with Crippen LogP contribution < -0.4 is 15.4 Å². The molecule has 0 radical (unpaired) electrons. The Kier molecular flexibility index (Phi) is 4.96. The minimum Gasteiger partial charge on any atom is -0.472 e. The van der Waals surface area contributed by atoms with E-state index in [0.717, 1.165) is 84.4 Å². The smallest absolute Gasteiger partial charge is 0.233 e. The second-order valence-electron chi connectivity index (χ2n) is 8.55. The van der Waals surface area contributed by atoms with Crippen LogP contribution >= 0.6 is 0 Å². The summed E-state index contributed by atoms with van der Waals surface area (Å²) in [6.07, 6.45) is 12.0. The van der Waals surface area contributed by atoms with E-state index >= 15 is 0 Å². The number of hydrogen-bond donors (Lipinski definition) is 3. The summed E-state index contributed by atoms with van der Waals surface area (Å²) in [5, 5.41) is 7.87. The van der Waals surface area contributed by atoms with Gasteiger partial charge in [0.25, 0.3) is 0 Å². The predicted octanol–water partition coefficient (Wildman–Crippen LogP) is 4.18. The van der Waals surface area contributed by atoms with Gasteiger partial charge in [0, 0.05) is 47.5 Å². The number of aromatic amines is 1. The molecule has 0 spiro atoms. The van der Waals surface area contributed by atoms with Gasteiger partial charge >= 0.3 is 0 Å². The largest absolute Gasteiger partial charge is 0.472 e. The molecule has 6 rings (SSSR count). The van der Waals surface area contributed by atoms with Crippen molar-refractivity contribution < 1.29 is 4.74 Å². The molecular weight excluding hydrogens is 400 g/mol. The van der Waals surface area contributed by atoms with Crippen molar-refractivity contribution in [2.75, 3.05) is 25.0 Å². The molecule has 32 heavy (non-hydrogen) atoms. The van der Waals surface area contributed by atoms with Crippen molar-refractivity contribution in [1.29, 1.82) is 0 Å². The van der Waals surface area contributed by atoms with Crippen molar-refractivity contribution in [1.82, 2.24) is 25.3 Å². The maximum atomic E-state index is 6.09. The third-order valence-electron chi connectivity index (χ3n) is 6.32. The molecule has 4 aromatic rings. The number of anilines is 1. The molecule has 2 aliphatic rings. The van der Waals surface area contributed by atoms with Crippen LogP contribution in [-0.4, -0.2) is 45.7 Å². The van der Waals surface area contributed by atoms with E-state index in [2.05, 4.69) is 49.9 Å². The van der Waals surface area contributed by atoms with E-state index in [0.29, 0.717) is 5.88 Å². The summed E-state index contributed by atoms with van der Waals surface area (Å²) in [7, 11) is 0. The molecule has 0 saturated carbocycles. The molecule has 162 valence electrons. The molecule has 0 bridgehead atoms. The Morgan fingerprint density at radius 3 is 2.94 bits per heavy atom. The van der Waals surface area contributed by atoms with Crippen LogP contribution in [0.3, 0.4) is 0 Å². The summed E-state index contributed by atoms with van der Waals surface area (Å²) in [6, 6.07) is 8.73. The third-order valence-corrected chi connectivity index (χ3v) is 6.32. The summed E-state index contributed by atoms with van der Waals surface area (Å²) >= 11 is 0. The Labute approximate surface area is 186 Å². The monoisotopic (exact) mass is 426 g/mol. The van der Waals surface area contributed by atoms with Gasteiger partial charge in [-0.2, -0.15) is 0 Å². The average molecular weight is 427 g/mol. The van der Waals surface area contributed by atoms with Crippen LogP contribution in [0.4, 0.5) is 5.82 Å². The Hall–Kier alpha value is -3.45. The summed E-state index contributed by atoms with van der Waals surface area (Å²) < 4.78 is 6.09. The van der Waals surface area contributed by atoms with E-state index in [1.54, 1.807) is 12.4 Å². The number of piperidine rings is 1. The number of benzene rings is 1. The maximum Gasteiger partial charge on any atom is 0.233 e. The van der Waals surface area contributed by atoms with E-state index in [1.165, 1.54) is 5.56 Å². The average Bonchev–Trinajstić information content (AvgIpc) is 3.28. The van der Waals surface area contributed by atoms with E-state index < -0.39 is 0 Å². The third kappa shape index (κ3) is 3.69. The number of H-pyrrole nitrogens is 1. The van der Waals surface area contributed by atoms with Crippen molar-refractivity contribution in [2.24, 2.45) is 0 Å². The van der Waals surface area contributed by atoms with Gasteiger partial charge in [0.1, 0.15) is 11.9 Å². The molecule has 7 heteroatoms. The molecule has 5 heterocycles. The fourth-order valence-corrected chi connectivity index (χ4v) is 4.64. The first-order valence-corrected chi connectivity index (χ1v) is 11.4. The minimum atomic E-state index is 0.147. The quantitative estimate of drug-likeness (QED) is 0.454. The lowest BCUT2D eigenvalue weighted by atomic mass is 9.99. The fraction of sp³-hybridized carbons (Fsp3) is 0.320. The predicted molar refractivity (Wildman–Crippen MR) is 126 cm³/mol. The summed E-state index contributed by atoms with van der Waals surface area (Å²) in [5.74, 6) is 1.59. The van der Waals surface area contributed by atoms with Crippen molar-refractivity contribution in [3.05, 3.63) is 54.6 Å². The molecule has 2 aliphatic heterocycles. The van der Waals surface area contributed by atoms with Crippen molar-refractivity contribution in [2.45, 2.75) is 31.8 Å². The van der Waals surface area contributed by atoms with Gasteiger partial charge in [-0.15, -0.1) is 0 Å². The number of rotatable bonds is 4. The van der Waals surface area contributed by atoms with Gasteiger partial charge < -0.3 is 20.4 Å². The molecule has 1 saturated heterocycles. The second kappa shape index (κ2) is 8.24. The van der Waals surface area contributed by atoms with Crippen LogP contribution in [-0.2, 0) is 6.42 Å². The maximum absolute atomic E-state index is 6.09. The van der Waals surface area contributed by atoms with Crippen LogP contribution in [0.5, 0.6) is 5.88 Å². The number of nitrogens with one attached hydrogen (secondary N) is 3. The molecule has 0 amide bonds. The SMILES string of the molecule is c1cc2[nH]cc(-c3cncc(O[C@@H]4CCCNC4)n3)c2cc1-c1cnc2c(c1)CCCN2. The Bertz CT molecular complexity index is 1260. The normalized spacial score (nSPS) is 18.2. The van der Waals surface area contributed by atoms with E-state index in [9.17, 15) is 0 Å². The van der Waals surface area contributed by atoms with E-state index in [1.807, 2.05) is 12.4 Å². The highest BCUT2D eigenvalue weighted by molar-refractivity contribution is 5.97. The van der Waals surface area contributed by atoms with Gasteiger partial charge in [-0.3, -0.25) is 4.98 Å². The molecule has 0 unspecified atom stereocenters. The van der Waals surface area contributed by atoms with E-state index in [-0.39, 0.29) is 6.10 Å². The number of ether oxygens (including phenoxy) is 1. The molecule has 1 atom stereocenters. The van der Waals surface area contributed by atoms with Crippen LogP contribution in [0.15, 0.2) is 49.1 Å². The number of nitrogens with zero attached hydrogens (tertiary/aromatic N) is 3. The first-order chi connectivity index (χ1) is 15.8. The highest BCUT2D eigenvalue weighted by atomic mass is 16.5. The van der Waals surface area contributed by atoms with Crippen LogP contribution in [0, 0.1) is 0 Å². The van der Waals surface area contributed by atoms with Crippen molar-refractivity contribution >= 4 is 16.7 Å². The van der Waals surface area contributed by atoms with Gasteiger partial charge in [-0.25, -0.2) is 9.97 Å². The highest BCUT2D eigenvalue weighted by Gasteiger charge is 2.17. The lowest BCUT2D eigenvalue weighted by Crippen LogP contribution is -2.37. The summed E-state index contributed by atoms with van der Waals surface area (Å²) in [5.41, 5.74) is 6.47. The number of fused-ring (bicyclic) bond motifs is 2. The summed E-state index contributed by atoms with van der Waals surface area (Å²) in [4.78, 5) is 17.2. The Morgan fingerprint density at radius 2 is 2.00 bits per heavy atom. The summed E-state index contributed by atoms with van der Waals surface area (Å²) in [6.45, 7) is 2.91. The van der Waals surface area contributed by atoms with Crippen molar-refractivity contribution in [3.63, 3.8) is 0 Å². The lowest BCUT2D eigenvalue weighted by molar-refractivity contribution is 0.160. The number of pyridine rings is 1. The van der Waals surface area contributed by atoms with E-state index in [4.69, 9.17) is 9.72 Å². The Morgan fingerprint density at radius 1 is 1.00 bits per heavy atom. The van der Waals surface area contributed by atoms with Gasteiger partial charge in [-0.05, 0) is 61.6 Å². The number of aryl methyl sites for hydroxylation is 1. The molecular formula is C25H26N6O. The lowest BCUT2D eigenvalue weighted by Gasteiger charge is -2.23. The van der Waals surface area contributed by atoms with Crippen LogP contribution in [0.25, 0.3) is 33.3 Å². The standard InChI is InChI=1S/C25H26N6O/c1-3-17-9-18(11-30-25(17)28-8-1)16-5-6-22-20(10-16)21(13-29-22)23-14-27-15-24(31-23)32-19-4-2-7-26-12-19/h5-6,9-11,13-15,19,26,29H,1-4,7-8,12H2,(H,28,30)/t19-/m1/s1. The number of aromatic nitrogens is 4. The number of hydrogen-bond acceptors (Lipinski definition) is 6. The van der Waals surface area contributed by atoms with Gasteiger partial charge in [0.2, 0.25) is 5.88 Å². The van der Waals surface area contributed by atoms with Crippen LogP contribution in [0.2, 0.25) is 0 Å². The van der Waals surface area contributed by atoms with Crippen LogP contribution in [0.1, 0.15) is 24.8 Å². The highest BCUT2D eigenvalue weighted by Crippen LogP contribution is 2.33. The first-order valence-electron chi connectivity index (χ1n) is 11.4. The van der Waals surface area contributed by atoms with Gasteiger partial charge in [-0.1, -0.05) is 6.07 Å². The molecule has 0 aliphatic carbocycles. The zero-order chi connectivity index (χ0) is 21.3. The fourth-order valence-electron chi connectivity index (χ4n) is 4.64. The first kappa shape index (κ1) is 19.3. The zero-order valence-corrected chi connectivity index (χ0v) is 17.9. The molecule has 7 nitrogen and oxygen atoms in total. The minimum absolute atomic E-state index is 0.147. The second-order valence-corrected chi connectivity index (χ2v) is 8.55. The van der Waals surface area contributed by atoms with Crippen molar-refractivity contribution in [3.8, 4) is 28.3 Å². The van der Waals surface area contributed by atoms with Gasteiger partial charge in [0.15, 0.2) is 0 Å². The molecule has 3 N–H and O–H groups in total. The molecule has 1 aromatic carbocycles. The molecule has 3 aromatic heterocycles. The molecule has 1 fully saturated rings.